The second-order valence-corrected chi connectivity index (χ2v) is 10.7. The Morgan fingerprint density at radius 1 is 1.12 bits per heavy atom. The number of likely N-dealkylation sites (tertiary alicyclic amines) is 1. The van der Waals surface area contributed by atoms with E-state index in [0.717, 1.165) is 12.8 Å². The van der Waals surface area contributed by atoms with Crippen molar-refractivity contribution in [3.8, 4) is 0 Å². The SMILES string of the molecule is C[C@H](CCCOC(=O)N1CCCC1)N(c1cc(Cl)ccc1CO)S(=O)(=O)c1ccc(Cl)cc1. The first-order chi connectivity index (χ1) is 15.7. The van der Waals surface area contributed by atoms with Crippen LogP contribution in [-0.4, -0.2) is 50.3 Å². The summed E-state index contributed by atoms with van der Waals surface area (Å²) in [4.78, 5) is 13.8. The minimum Gasteiger partial charge on any atom is -0.449 e. The lowest BCUT2D eigenvalue weighted by Gasteiger charge is -2.32. The number of halogens is 2. The number of carbonyl (C=O) groups excluding carboxylic acids is 1. The standard InChI is InChI=1S/C23H28Cl2N2O5S/c1-17(5-4-14-32-23(29)26-12-2-3-13-26)27(22-15-20(25)7-6-18(22)16-28)33(30,31)21-10-8-19(24)9-11-21/h6-11,15,17,28H,2-5,12-14,16H2,1H3/t17-/m1/s1. The van der Waals surface area contributed by atoms with Gasteiger partial charge in [-0.25, -0.2) is 13.2 Å². The minimum atomic E-state index is -4.00. The van der Waals surface area contributed by atoms with Gasteiger partial charge in [0.05, 0.1) is 23.8 Å². The van der Waals surface area contributed by atoms with E-state index < -0.39 is 16.1 Å². The molecule has 3 rings (SSSR count). The van der Waals surface area contributed by atoms with Crippen LogP contribution in [0.2, 0.25) is 10.0 Å². The highest BCUT2D eigenvalue weighted by Gasteiger charge is 2.31. The first kappa shape index (κ1) is 25.6. The van der Waals surface area contributed by atoms with Crippen molar-refractivity contribution < 1.29 is 23.1 Å². The lowest BCUT2D eigenvalue weighted by Crippen LogP contribution is -2.39. The summed E-state index contributed by atoms with van der Waals surface area (Å²) in [6.07, 6.45) is 2.54. The number of rotatable bonds is 9. The summed E-state index contributed by atoms with van der Waals surface area (Å²) < 4.78 is 33.9. The molecule has 0 unspecified atom stereocenters. The molecule has 1 N–H and O–H groups in total. The van der Waals surface area contributed by atoms with Crippen molar-refractivity contribution in [1.29, 1.82) is 0 Å². The van der Waals surface area contributed by atoms with Crippen LogP contribution in [0.1, 0.15) is 38.2 Å². The van der Waals surface area contributed by atoms with Crippen molar-refractivity contribution in [2.45, 2.75) is 50.2 Å². The molecule has 1 atom stereocenters. The van der Waals surface area contributed by atoms with Crippen LogP contribution >= 0.6 is 23.2 Å². The summed E-state index contributed by atoms with van der Waals surface area (Å²) in [5, 5.41) is 10.6. The van der Waals surface area contributed by atoms with Gasteiger partial charge in [0.1, 0.15) is 0 Å². The molecular formula is C23H28Cl2N2O5S. The molecule has 7 nitrogen and oxygen atoms in total. The molecule has 1 heterocycles. The van der Waals surface area contributed by atoms with Crippen LogP contribution in [0.5, 0.6) is 0 Å². The molecule has 1 saturated heterocycles. The van der Waals surface area contributed by atoms with E-state index in [-0.39, 0.29) is 24.2 Å². The zero-order valence-corrected chi connectivity index (χ0v) is 20.7. The van der Waals surface area contributed by atoms with Crippen LogP contribution in [0.3, 0.4) is 0 Å². The highest BCUT2D eigenvalue weighted by molar-refractivity contribution is 7.92. The second kappa shape index (κ2) is 11.4. The number of anilines is 1. The van der Waals surface area contributed by atoms with Crippen LogP contribution in [0.15, 0.2) is 47.4 Å². The third-order valence-corrected chi connectivity index (χ3v) is 8.01. The Hall–Kier alpha value is -2.00. The van der Waals surface area contributed by atoms with Crippen molar-refractivity contribution in [2.75, 3.05) is 24.0 Å². The third-order valence-electron chi connectivity index (χ3n) is 5.58. The van der Waals surface area contributed by atoms with Crippen LogP contribution < -0.4 is 4.31 Å². The molecule has 33 heavy (non-hydrogen) atoms. The van der Waals surface area contributed by atoms with E-state index in [1.165, 1.54) is 34.6 Å². The Morgan fingerprint density at radius 2 is 1.76 bits per heavy atom. The molecule has 2 aromatic rings. The second-order valence-electron chi connectivity index (χ2n) is 7.99. The van der Waals surface area contributed by atoms with Gasteiger partial charge in [0.25, 0.3) is 10.0 Å². The van der Waals surface area contributed by atoms with Gasteiger partial charge in [-0.2, -0.15) is 0 Å². The number of amides is 1. The smallest absolute Gasteiger partial charge is 0.409 e. The molecular weight excluding hydrogens is 487 g/mol. The average molecular weight is 515 g/mol. The van der Waals surface area contributed by atoms with Gasteiger partial charge in [-0.05, 0) is 69.0 Å². The van der Waals surface area contributed by atoms with E-state index in [1.807, 2.05) is 0 Å². The summed E-state index contributed by atoms with van der Waals surface area (Å²) in [5.74, 6) is 0. The van der Waals surface area contributed by atoms with Gasteiger partial charge in [-0.1, -0.05) is 29.3 Å². The van der Waals surface area contributed by atoms with Crippen LogP contribution in [0.4, 0.5) is 10.5 Å². The van der Waals surface area contributed by atoms with E-state index in [0.29, 0.717) is 47.2 Å². The van der Waals surface area contributed by atoms with E-state index in [2.05, 4.69) is 0 Å². The first-order valence-electron chi connectivity index (χ1n) is 10.8. The van der Waals surface area contributed by atoms with Crippen molar-refractivity contribution >= 4 is 45.0 Å². The maximum absolute atomic E-state index is 13.6. The third kappa shape index (κ3) is 6.32. The van der Waals surface area contributed by atoms with Gasteiger partial charge in [-0.15, -0.1) is 0 Å². The average Bonchev–Trinajstić information content (AvgIpc) is 3.32. The Labute approximate surface area is 204 Å². The van der Waals surface area contributed by atoms with Crippen molar-refractivity contribution in [2.24, 2.45) is 0 Å². The fourth-order valence-corrected chi connectivity index (χ4v) is 5.85. The summed E-state index contributed by atoms with van der Waals surface area (Å²) >= 11 is 12.1. The summed E-state index contributed by atoms with van der Waals surface area (Å²) in [7, 11) is -4.00. The number of aliphatic hydroxyl groups excluding tert-OH is 1. The van der Waals surface area contributed by atoms with E-state index >= 15 is 0 Å². The first-order valence-corrected chi connectivity index (χ1v) is 13.0. The van der Waals surface area contributed by atoms with Crippen LogP contribution in [0.25, 0.3) is 0 Å². The van der Waals surface area contributed by atoms with E-state index in [9.17, 15) is 18.3 Å². The van der Waals surface area contributed by atoms with E-state index in [4.69, 9.17) is 27.9 Å². The molecule has 0 aliphatic carbocycles. The Balaban J connectivity index is 1.81. The van der Waals surface area contributed by atoms with Crippen molar-refractivity contribution in [1.82, 2.24) is 4.90 Å². The topological polar surface area (TPSA) is 87.2 Å². The largest absolute Gasteiger partial charge is 0.449 e. The number of carbonyl (C=O) groups is 1. The lowest BCUT2D eigenvalue weighted by atomic mass is 10.1. The number of sulfonamides is 1. The number of ether oxygens (including phenoxy) is 1. The van der Waals surface area contributed by atoms with Crippen molar-refractivity contribution in [3.05, 3.63) is 58.1 Å². The monoisotopic (exact) mass is 514 g/mol. The van der Waals surface area contributed by atoms with Gasteiger partial charge in [0, 0.05) is 34.7 Å². The molecule has 1 aliphatic rings. The maximum atomic E-state index is 13.6. The van der Waals surface area contributed by atoms with Gasteiger partial charge in [0.15, 0.2) is 0 Å². The summed E-state index contributed by atoms with van der Waals surface area (Å²) in [6.45, 7) is 3.04. The quantitative estimate of drug-likeness (QED) is 0.471. The molecule has 1 aliphatic heterocycles. The zero-order chi connectivity index (χ0) is 24.0. The highest BCUT2D eigenvalue weighted by Crippen LogP contribution is 2.33. The zero-order valence-electron chi connectivity index (χ0n) is 18.4. The lowest BCUT2D eigenvalue weighted by molar-refractivity contribution is 0.108. The number of nitrogens with zero attached hydrogens (tertiary/aromatic N) is 2. The highest BCUT2D eigenvalue weighted by atomic mass is 35.5. The number of aliphatic hydroxyl groups is 1. The Morgan fingerprint density at radius 3 is 2.39 bits per heavy atom. The van der Waals surface area contributed by atoms with Gasteiger partial charge >= 0.3 is 6.09 Å². The number of hydrogen-bond donors (Lipinski definition) is 1. The Kier molecular flexibility index (Phi) is 8.87. The maximum Gasteiger partial charge on any atom is 0.409 e. The molecule has 1 amide bonds. The van der Waals surface area contributed by atoms with Crippen molar-refractivity contribution in [3.63, 3.8) is 0 Å². The van der Waals surface area contributed by atoms with Crippen LogP contribution in [-0.2, 0) is 21.4 Å². The molecule has 0 spiro atoms. The number of hydrogen-bond acceptors (Lipinski definition) is 5. The van der Waals surface area contributed by atoms with Gasteiger partial charge < -0.3 is 14.7 Å². The molecule has 1 fully saturated rings. The number of benzene rings is 2. The molecule has 180 valence electrons. The van der Waals surface area contributed by atoms with Gasteiger partial charge in [0.2, 0.25) is 0 Å². The minimum absolute atomic E-state index is 0.0723. The molecule has 0 radical (unpaired) electrons. The molecule has 0 saturated carbocycles. The Bertz CT molecular complexity index is 1060. The van der Waals surface area contributed by atoms with Crippen LogP contribution in [0, 0.1) is 0 Å². The van der Waals surface area contributed by atoms with Gasteiger partial charge in [-0.3, -0.25) is 4.31 Å². The molecule has 10 heteroatoms. The normalized spacial score (nSPS) is 14.8. The molecule has 0 bridgehead atoms. The summed E-state index contributed by atoms with van der Waals surface area (Å²) in [5.41, 5.74) is 0.741. The predicted molar refractivity (Wildman–Crippen MR) is 129 cm³/mol. The summed E-state index contributed by atoms with van der Waals surface area (Å²) in [6, 6.07) is 10.2. The van der Waals surface area contributed by atoms with E-state index in [1.54, 1.807) is 24.0 Å². The molecule has 2 aromatic carbocycles. The fourth-order valence-electron chi connectivity index (χ4n) is 3.85. The fraction of sp³-hybridized carbons (Fsp3) is 0.435. The molecule has 0 aromatic heterocycles. The predicted octanol–water partition coefficient (Wildman–Crippen LogP) is 5.08.